The van der Waals surface area contributed by atoms with Crippen molar-refractivity contribution >= 4 is 22.4 Å². The van der Waals surface area contributed by atoms with Gasteiger partial charge in [0.05, 0.1) is 0 Å². The van der Waals surface area contributed by atoms with Crippen LogP contribution in [0.25, 0.3) is 0 Å². The molecule has 1 aromatic rings. The normalized spacial score (nSPS) is 12.1. The molecule has 1 aromatic carbocycles. The number of rotatable bonds is 4. The molecule has 0 aliphatic rings. The van der Waals surface area contributed by atoms with Gasteiger partial charge in [-0.15, -0.1) is 0 Å². The highest BCUT2D eigenvalue weighted by Crippen LogP contribution is 2.12. The fourth-order valence-corrected chi connectivity index (χ4v) is 1.62. The first-order valence-corrected chi connectivity index (χ1v) is 6.68. The zero-order valence-electron chi connectivity index (χ0n) is 9.45. The van der Waals surface area contributed by atoms with Crippen molar-refractivity contribution in [1.82, 2.24) is 5.32 Å². The number of nitrogens with one attached hydrogen (secondary N) is 1. The fourth-order valence-electron chi connectivity index (χ4n) is 1.23. The van der Waals surface area contributed by atoms with Crippen molar-refractivity contribution in [2.45, 2.75) is 6.92 Å². The minimum atomic E-state index is -0.881. The van der Waals surface area contributed by atoms with Crippen LogP contribution in [-0.4, -0.2) is 28.7 Å². The van der Waals surface area contributed by atoms with Gasteiger partial charge in [-0.2, -0.15) is 0 Å². The number of amides is 1. The predicted molar refractivity (Wildman–Crippen MR) is 66.9 cm³/mol. The van der Waals surface area contributed by atoms with Crippen molar-refractivity contribution in [1.29, 1.82) is 0 Å². The molecule has 0 aromatic heterocycles. The maximum absolute atomic E-state index is 11.6. The molecule has 4 nitrogen and oxygen atoms in total. The van der Waals surface area contributed by atoms with Crippen molar-refractivity contribution in [3.05, 3.63) is 29.3 Å². The molecule has 1 rings (SSSR count). The second-order valence-electron chi connectivity index (χ2n) is 3.60. The number of nitrogens with two attached hydrogens (primary N) is 1. The number of carbonyl (C=O) groups is 1. The summed E-state index contributed by atoms with van der Waals surface area (Å²) in [6.07, 6.45) is 1.61. The van der Waals surface area contributed by atoms with E-state index in [1.807, 2.05) is 6.92 Å². The Morgan fingerprint density at radius 2 is 2.19 bits per heavy atom. The van der Waals surface area contributed by atoms with E-state index in [0.29, 0.717) is 23.5 Å². The van der Waals surface area contributed by atoms with E-state index in [1.54, 1.807) is 24.5 Å². The van der Waals surface area contributed by atoms with Gasteiger partial charge in [0.15, 0.2) is 0 Å². The average Bonchev–Trinajstić information content (AvgIpc) is 2.21. The first-order chi connectivity index (χ1) is 7.50. The summed E-state index contributed by atoms with van der Waals surface area (Å²) in [6.45, 7) is 2.28. The van der Waals surface area contributed by atoms with E-state index in [0.717, 1.165) is 5.56 Å². The van der Waals surface area contributed by atoms with E-state index in [2.05, 4.69) is 5.32 Å². The summed E-state index contributed by atoms with van der Waals surface area (Å²) in [6, 6.07) is 5.14. The topological polar surface area (TPSA) is 72.2 Å². The van der Waals surface area contributed by atoms with Crippen molar-refractivity contribution in [2.75, 3.05) is 24.3 Å². The SMILES string of the molecule is Cc1cc(C(=O)NCCS(C)=O)ccc1N. The number of nitrogen functional groups attached to an aromatic ring is 1. The molecule has 88 valence electrons. The minimum Gasteiger partial charge on any atom is -0.399 e. The Hall–Kier alpha value is -1.36. The van der Waals surface area contributed by atoms with Crippen LogP contribution >= 0.6 is 0 Å². The van der Waals surface area contributed by atoms with Crippen molar-refractivity contribution in [3.8, 4) is 0 Å². The molecular weight excluding hydrogens is 224 g/mol. The maximum atomic E-state index is 11.6. The quantitative estimate of drug-likeness (QED) is 0.760. The van der Waals surface area contributed by atoms with Crippen LogP contribution in [0.1, 0.15) is 15.9 Å². The second kappa shape index (κ2) is 5.65. The van der Waals surface area contributed by atoms with Crippen LogP contribution in [0.3, 0.4) is 0 Å². The van der Waals surface area contributed by atoms with Gasteiger partial charge in [-0.1, -0.05) is 0 Å². The Morgan fingerprint density at radius 3 is 2.75 bits per heavy atom. The van der Waals surface area contributed by atoms with Gasteiger partial charge >= 0.3 is 0 Å². The van der Waals surface area contributed by atoms with Gasteiger partial charge in [0.1, 0.15) is 0 Å². The van der Waals surface area contributed by atoms with Crippen LogP contribution < -0.4 is 11.1 Å². The molecule has 3 N–H and O–H groups in total. The van der Waals surface area contributed by atoms with Gasteiger partial charge in [-0.25, -0.2) is 0 Å². The first-order valence-electron chi connectivity index (χ1n) is 4.95. The van der Waals surface area contributed by atoms with Crippen molar-refractivity contribution in [2.24, 2.45) is 0 Å². The van der Waals surface area contributed by atoms with E-state index >= 15 is 0 Å². The standard InChI is InChI=1S/C11H16N2O2S/c1-8-7-9(3-4-10(8)12)11(14)13-5-6-16(2)15/h3-4,7H,5-6,12H2,1-2H3,(H,13,14). The monoisotopic (exact) mass is 240 g/mol. The van der Waals surface area contributed by atoms with Gasteiger partial charge < -0.3 is 11.1 Å². The zero-order chi connectivity index (χ0) is 12.1. The smallest absolute Gasteiger partial charge is 0.251 e. The molecule has 0 radical (unpaired) electrons. The maximum Gasteiger partial charge on any atom is 0.251 e. The molecule has 0 saturated carbocycles. The third-order valence-corrected chi connectivity index (χ3v) is 2.99. The Kier molecular flexibility index (Phi) is 4.49. The second-order valence-corrected chi connectivity index (χ2v) is 5.16. The molecule has 16 heavy (non-hydrogen) atoms. The fraction of sp³-hybridized carbons (Fsp3) is 0.364. The van der Waals surface area contributed by atoms with E-state index < -0.39 is 10.8 Å². The van der Waals surface area contributed by atoms with E-state index in [9.17, 15) is 9.00 Å². The van der Waals surface area contributed by atoms with Crippen LogP contribution in [0.15, 0.2) is 18.2 Å². The molecular formula is C11H16N2O2S. The van der Waals surface area contributed by atoms with Crippen LogP contribution in [-0.2, 0) is 10.8 Å². The summed E-state index contributed by atoms with van der Waals surface area (Å²) in [5.74, 6) is 0.313. The predicted octanol–water partition coefficient (Wildman–Crippen LogP) is 0.686. The lowest BCUT2D eigenvalue weighted by Crippen LogP contribution is -2.27. The van der Waals surface area contributed by atoms with E-state index in [1.165, 1.54) is 0 Å². The highest BCUT2D eigenvalue weighted by Gasteiger charge is 2.06. The minimum absolute atomic E-state index is 0.159. The lowest BCUT2D eigenvalue weighted by atomic mass is 10.1. The van der Waals surface area contributed by atoms with Crippen LogP contribution in [0.2, 0.25) is 0 Å². The largest absolute Gasteiger partial charge is 0.399 e. The molecule has 0 aliphatic carbocycles. The average molecular weight is 240 g/mol. The highest BCUT2D eigenvalue weighted by molar-refractivity contribution is 7.84. The Labute approximate surface area is 97.7 Å². The summed E-state index contributed by atoms with van der Waals surface area (Å²) in [7, 11) is -0.881. The van der Waals surface area contributed by atoms with Crippen molar-refractivity contribution in [3.63, 3.8) is 0 Å². The Balaban J connectivity index is 2.59. The van der Waals surface area contributed by atoms with Crippen LogP contribution in [0.5, 0.6) is 0 Å². The van der Waals surface area contributed by atoms with Crippen LogP contribution in [0, 0.1) is 6.92 Å². The summed E-state index contributed by atoms with van der Waals surface area (Å²) in [5.41, 5.74) is 7.79. The molecule has 0 bridgehead atoms. The number of benzene rings is 1. The summed E-state index contributed by atoms with van der Waals surface area (Å²) in [4.78, 5) is 11.6. The highest BCUT2D eigenvalue weighted by atomic mass is 32.2. The lowest BCUT2D eigenvalue weighted by Gasteiger charge is -2.06. The molecule has 1 unspecified atom stereocenters. The third-order valence-electron chi connectivity index (χ3n) is 2.21. The lowest BCUT2D eigenvalue weighted by molar-refractivity contribution is 0.0956. The Morgan fingerprint density at radius 1 is 1.50 bits per heavy atom. The van der Waals surface area contributed by atoms with Gasteiger partial charge in [0.25, 0.3) is 5.91 Å². The number of aryl methyl sites for hydroxylation is 1. The van der Waals surface area contributed by atoms with Gasteiger partial charge in [0.2, 0.25) is 0 Å². The first kappa shape index (κ1) is 12.7. The molecule has 0 aliphatic heterocycles. The van der Waals surface area contributed by atoms with E-state index in [-0.39, 0.29) is 5.91 Å². The molecule has 0 heterocycles. The number of anilines is 1. The zero-order valence-corrected chi connectivity index (χ0v) is 10.3. The van der Waals surface area contributed by atoms with Gasteiger partial charge in [-0.3, -0.25) is 9.00 Å². The van der Waals surface area contributed by atoms with Gasteiger partial charge in [0, 0.05) is 40.6 Å². The third kappa shape index (κ3) is 3.66. The molecule has 0 saturated heterocycles. The molecule has 1 atom stereocenters. The van der Waals surface area contributed by atoms with Gasteiger partial charge in [-0.05, 0) is 30.7 Å². The summed E-state index contributed by atoms with van der Waals surface area (Å²) >= 11 is 0. The molecule has 5 heteroatoms. The summed E-state index contributed by atoms with van der Waals surface area (Å²) < 4.78 is 10.8. The number of hydrogen-bond donors (Lipinski definition) is 2. The van der Waals surface area contributed by atoms with Crippen LogP contribution in [0.4, 0.5) is 5.69 Å². The van der Waals surface area contributed by atoms with E-state index in [4.69, 9.17) is 5.73 Å². The number of hydrogen-bond acceptors (Lipinski definition) is 3. The number of carbonyl (C=O) groups excluding carboxylic acids is 1. The Bertz CT molecular complexity index is 418. The molecule has 1 amide bonds. The van der Waals surface area contributed by atoms with Crippen molar-refractivity contribution < 1.29 is 9.00 Å². The summed E-state index contributed by atoms with van der Waals surface area (Å²) in [5, 5.41) is 2.70. The molecule has 0 spiro atoms. The molecule has 0 fully saturated rings.